The molecule has 0 rings (SSSR count). The number of hydrogen-bond acceptors (Lipinski definition) is 0. The summed E-state index contributed by atoms with van der Waals surface area (Å²) in [6, 6.07) is 0. The molecule has 3 unspecified atom stereocenters. The first-order valence-electron chi connectivity index (χ1n) is 7.06. The van der Waals surface area contributed by atoms with Gasteiger partial charge in [-0.15, -0.1) is 0 Å². The quantitative estimate of drug-likeness (QED) is 0.497. The second-order valence-electron chi connectivity index (χ2n) is 5.60. The Labute approximate surface area is 97.8 Å². The van der Waals surface area contributed by atoms with Gasteiger partial charge in [-0.1, -0.05) is 67.2 Å². The van der Waals surface area contributed by atoms with E-state index in [0.717, 1.165) is 23.7 Å². The predicted molar refractivity (Wildman–Crippen MR) is 71.1 cm³/mol. The minimum atomic E-state index is 0.869. The van der Waals surface area contributed by atoms with Crippen molar-refractivity contribution in [2.24, 2.45) is 23.7 Å². The lowest BCUT2D eigenvalue weighted by molar-refractivity contribution is 0.200. The van der Waals surface area contributed by atoms with E-state index in [4.69, 9.17) is 0 Å². The molecule has 0 heterocycles. The second kappa shape index (κ2) is 8.19. The summed E-state index contributed by atoms with van der Waals surface area (Å²) in [6.45, 7) is 14.2. The Kier molecular flexibility index (Phi) is 8.19. The molecule has 3 atom stereocenters. The Morgan fingerprint density at radius 2 is 1.33 bits per heavy atom. The Balaban J connectivity index is 4.20. The van der Waals surface area contributed by atoms with E-state index in [9.17, 15) is 0 Å². The SMILES string of the molecule is CCC(C)C(CC)C(CC)CCC(C)C. The number of hydrogen-bond donors (Lipinski definition) is 0. The molecule has 0 amide bonds. The van der Waals surface area contributed by atoms with Crippen molar-refractivity contribution in [2.45, 2.75) is 73.6 Å². The topological polar surface area (TPSA) is 0 Å². The minimum absolute atomic E-state index is 0.869. The molecule has 0 saturated carbocycles. The molecule has 0 spiro atoms. The molecule has 0 radical (unpaired) electrons. The molecular weight excluding hydrogens is 180 g/mol. The van der Waals surface area contributed by atoms with Gasteiger partial charge in [-0.3, -0.25) is 0 Å². The van der Waals surface area contributed by atoms with Crippen molar-refractivity contribution in [3.05, 3.63) is 0 Å². The molecule has 15 heavy (non-hydrogen) atoms. The smallest absolute Gasteiger partial charge is 0.0363 e. The van der Waals surface area contributed by atoms with Crippen LogP contribution in [0.15, 0.2) is 0 Å². The van der Waals surface area contributed by atoms with E-state index in [1.807, 2.05) is 0 Å². The Morgan fingerprint density at radius 1 is 0.733 bits per heavy atom. The van der Waals surface area contributed by atoms with Crippen molar-refractivity contribution < 1.29 is 0 Å². The van der Waals surface area contributed by atoms with Crippen LogP contribution in [0.5, 0.6) is 0 Å². The van der Waals surface area contributed by atoms with Gasteiger partial charge in [0, 0.05) is 0 Å². The lowest BCUT2D eigenvalue weighted by Gasteiger charge is -2.30. The normalized spacial score (nSPS) is 17.8. The van der Waals surface area contributed by atoms with Crippen LogP contribution in [0.25, 0.3) is 0 Å². The van der Waals surface area contributed by atoms with Gasteiger partial charge in [0.15, 0.2) is 0 Å². The van der Waals surface area contributed by atoms with Gasteiger partial charge >= 0.3 is 0 Å². The summed E-state index contributed by atoms with van der Waals surface area (Å²) in [5.41, 5.74) is 0. The van der Waals surface area contributed by atoms with Crippen molar-refractivity contribution in [1.29, 1.82) is 0 Å². The summed E-state index contributed by atoms with van der Waals surface area (Å²) in [6.07, 6.45) is 6.93. The Bertz CT molecular complexity index is 137. The van der Waals surface area contributed by atoms with Crippen LogP contribution < -0.4 is 0 Å². The summed E-state index contributed by atoms with van der Waals surface area (Å²) in [7, 11) is 0. The van der Waals surface area contributed by atoms with Gasteiger partial charge in [-0.2, -0.15) is 0 Å². The van der Waals surface area contributed by atoms with E-state index in [-0.39, 0.29) is 0 Å². The average molecular weight is 212 g/mol. The largest absolute Gasteiger partial charge is 0.0651 e. The van der Waals surface area contributed by atoms with Crippen LogP contribution in [0.3, 0.4) is 0 Å². The third-order valence-electron chi connectivity index (χ3n) is 4.09. The second-order valence-corrected chi connectivity index (χ2v) is 5.60. The zero-order valence-electron chi connectivity index (χ0n) is 11.8. The molecule has 0 N–H and O–H groups in total. The summed E-state index contributed by atoms with van der Waals surface area (Å²) < 4.78 is 0. The van der Waals surface area contributed by atoms with Crippen LogP contribution in [0.4, 0.5) is 0 Å². The minimum Gasteiger partial charge on any atom is -0.0651 e. The van der Waals surface area contributed by atoms with E-state index in [1.54, 1.807) is 0 Å². The Morgan fingerprint density at radius 3 is 1.67 bits per heavy atom. The van der Waals surface area contributed by atoms with Gasteiger partial charge in [-0.05, 0) is 30.1 Å². The van der Waals surface area contributed by atoms with Crippen molar-refractivity contribution in [2.75, 3.05) is 0 Å². The van der Waals surface area contributed by atoms with Gasteiger partial charge in [-0.25, -0.2) is 0 Å². The fourth-order valence-electron chi connectivity index (χ4n) is 2.77. The third kappa shape index (κ3) is 5.58. The highest BCUT2D eigenvalue weighted by Gasteiger charge is 2.22. The van der Waals surface area contributed by atoms with Crippen LogP contribution in [0, 0.1) is 23.7 Å². The monoisotopic (exact) mass is 212 g/mol. The van der Waals surface area contributed by atoms with E-state index >= 15 is 0 Å². The van der Waals surface area contributed by atoms with E-state index in [0.29, 0.717) is 0 Å². The average Bonchev–Trinajstić information content (AvgIpc) is 2.22. The highest BCUT2D eigenvalue weighted by molar-refractivity contribution is 4.73. The van der Waals surface area contributed by atoms with Gasteiger partial charge in [0.05, 0.1) is 0 Å². The summed E-state index contributed by atoms with van der Waals surface area (Å²) >= 11 is 0. The van der Waals surface area contributed by atoms with E-state index in [2.05, 4.69) is 41.5 Å². The molecule has 0 aromatic heterocycles. The molecule has 92 valence electrons. The van der Waals surface area contributed by atoms with Crippen LogP contribution >= 0.6 is 0 Å². The lowest BCUT2D eigenvalue weighted by atomic mass is 9.75. The summed E-state index contributed by atoms with van der Waals surface area (Å²) in [4.78, 5) is 0. The van der Waals surface area contributed by atoms with Crippen LogP contribution in [0.2, 0.25) is 0 Å². The van der Waals surface area contributed by atoms with Crippen LogP contribution in [-0.4, -0.2) is 0 Å². The summed E-state index contributed by atoms with van der Waals surface area (Å²) in [5.74, 6) is 3.70. The molecular formula is C15H32. The van der Waals surface area contributed by atoms with Gasteiger partial charge in [0.25, 0.3) is 0 Å². The first-order chi connectivity index (χ1) is 7.06. The van der Waals surface area contributed by atoms with Crippen molar-refractivity contribution in [3.63, 3.8) is 0 Å². The highest BCUT2D eigenvalue weighted by Crippen LogP contribution is 2.32. The van der Waals surface area contributed by atoms with Crippen molar-refractivity contribution in [3.8, 4) is 0 Å². The molecule has 0 aromatic rings. The van der Waals surface area contributed by atoms with Crippen LogP contribution in [-0.2, 0) is 0 Å². The predicted octanol–water partition coefficient (Wildman–Crippen LogP) is 5.52. The maximum Gasteiger partial charge on any atom is -0.0363 e. The zero-order valence-corrected chi connectivity index (χ0v) is 11.8. The molecule has 0 aliphatic carbocycles. The van der Waals surface area contributed by atoms with E-state index < -0.39 is 0 Å². The molecule has 0 bridgehead atoms. The molecule has 0 aliphatic rings. The molecule has 0 aromatic carbocycles. The number of rotatable bonds is 8. The van der Waals surface area contributed by atoms with Crippen LogP contribution in [0.1, 0.15) is 73.6 Å². The van der Waals surface area contributed by atoms with E-state index in [1.165, 1.54) is 32.1 Å². The zero-order chi connectivity index (χ0) is 11.8. The fraction of sp³-hybridized carbons (Fsp3) is 1.00. The highest BCUT2D eigenvalue weighted by atomic mass is 14.3. The molecule has 0 nitrogen and oxygen atoms in total. The maximum absolute atomic E-state index is 2.44. The standard InChI is InChI=1S/C15H32/c1-7-13(6)15(9-3)14(8-2)11-10-12(4)5/h12-15H,7-11H2,1-6H3. The van der Waals surface area contributed by atoms with Gasteiger partial charge in [0.2, 0.25) is 0 Å². The summed E-state index contributed by atoms with van der Waals surface area (Å²) in [5, 5.41) is 0. The van der Waals surface area contributed by atoms with Crippen molar-refractivity contribution in [1.82, 2.24) is 0 Å². The molecule has 0 saturated heterocycles. The molecule has 0 aliphatic heterocycles. The maximum atomic E-state index is 2.44. The van der Waals surface area contributed by atoms with Gasteiger partial charge < -0.3 is 0 Å². The molecule has 0 fully saturated rings. The third-order valence-corrected chi connectivity index (χ3v) is 4.09. The molecule has 0 heteroatoms. The fourth-order valence-corrected chi connectivity index (χ4v) is 2.77. The van der Waals surface area contributed by atoms with Gasteiger partial charge in [0.1, 0.15) is 0 Å². The Hall–Kier alpha value is 0. The lowest BCUT2D eigenvalue weighted by Crippen LogP contribution is -2.21. The first kappa shape index (κ1) is 15.0. The first-order valence-corrected chi connectivity index (χ1v) is 7.06. The van der Waals surface area contributed by atoms with Crippen molar-refractivity contribution >= 4 is 0 Å².